The van der Waals surface area contributed by atoms with Gasteiger partial charge in [-0.05, 0) is 62.4 Å². The molecule has 0 radical (unpaired) electrons. The number of carbonyl (C=O) groups is 2. The highest BCUT2D eigenvalue weighted by Crippen LogP contribution is 2.60. The minimum Gasteiger partial charge on any atom is -0.484 e. The van der Waals surface area contributed by atoms with Crippen LogP contribution in [-0.4, -0.2) is 52.9 Å². The highest BCUT2D eigenvalue weighted by atomic mass is 35.5. The van der Waals surface area contributed by atoms with Gasteiger partial charge < -0.3 is 30.5 Å². The Morgan fingerprint density at radius 3 is 2.50 bits per heavy atom. The predicted molar refractivity (Wildman–Crippen MR) is 138 cm³/mol. The molecule has 7 rings (SSSR count). The van der Waals surface area contributed by atoms with Gasteiger partial charge in [0, 0.05) is 46.2 Å². The van der Waals surface area contributed by atoms with E-state index in [0.717, 1.165) is 11.6 Å². The van der Waals surface area contributed by atoms with Crippen molar-refractivity contribution in [1.82, 2.24) is 16.0 Å². The van der Waals surface area contributed by atoms with Crippen molar-refractivity contribution in [1.29, 1.82) is 0 Å². The average Bonchev–Trinajstić information content (AvgIpc) is 2.81. The molecule has 2 aromatic rings. The number of aliphatic hydroxyl groups is 1. The lowest BCUT2D eigenvalue weighted by atomic mass is 9.44. The van der Waals surface area contributed by atoms with Gasteiger partial charge >= 0.3 is 0 Å². The highest BCUT2D eigenvalue weighted by molar-refractivity contribution is 6.31. The first-order chi connectivity index (χ1) is 18.1. The van der Waals surface area contributed by atoms with Crippen LogP contribution in [0.5, 0.6) is 11.5 Å². The van der Waals surface area contributed by atoms with Gasteiger partial charge in [0.25, 0.3) is 11.8 Å². The molecule has 38 heavy (non-hydrogen) atoms. The molecule has 0 saturated heterocycles. The van der Waals surface area contributed by atoms with Crippen molar-refractivity contribution in [2.45, 2.75) is 73.9 Å². The van der Waals surface area contributed by atoms with E-state index in [2.05, 4.69) is 16.0 Å². The third-order valence-electron chi connectivity index (χ3n) is 7.99. The first kappa shape index (κ1) is 25.7. The molecule has 2 bridgehead atoms. The van der Waals surface area contributed by atoms with E-state index in [9.17, 15) is 19.1 Å². The summed E-state index contributed by atoms with van der Waals surface area (Å²) in [5, 5.41) is 19.9. The van der Waals surface area contributed by atoms with Gasteiger partial charge in [-0.25, -0.2) is 4.39 Å². The number of hydrogen-bond acceptors (Lipinski definition) is 6. The normalized spacial score (nSPS) is 32.4. The molecule has 2 amide bonds. The van der Waals surface area contributed by atoms with Gasteiger partial charge in [0.15, 0.2) is 12.7 Å². The highest BCUT2D eigenvalue weighted by Gasteiger charge is 2.69. The fourth-order valence-corrected chi connectivity index (χ4v) is 6.51. The second kappa shape index (κ2) is 9.55. The largest absolute Gasteiger partial charge is 0.484 e. The zero-order valence-electron chi connectivity index (χ0n) is 20.4. The average molecular weight is 564 g/mol. The van der Waals surface area contributed by atoms with Gasteiger partial charge in [-0.3, -0.25) is 9.59 Å². The van der Waals surface area contributed by atoms with E-state index >= 15 is 0 Å². The number of fused-ring (bicyclic) bond motifs is 1. The van der Waals surface area contributed by atoms with Crippen molar-refractivity contribution in [3.05, 3.63) is 57.8 Å². The molecule has 4 fully saturated rings. The molecule has 2 unspecified atom stereocenters. The molecule has 4 saturated carbocycles. The molecule has 8 nitrogen and oxygen atoms in total. The van der Waals surface area contributed by atoms with Crippen molar-refractivity contribution in [2.24, 2.45) is 0 Å². The van der Waals surface area contributed by atoms with E-state index < -0.39 is 11.9 Å². The van der Waals surface area contributed by atoms with Gasteiger partial charge in [-0.15, -0.1) is 0 Å². The quantitative estimate of drug-likeness (QED) is 0.392. The molecule has 0 aromatic heterocycles. The van der Waals surface area contributed by atoms with E-state index in [4.69, 9.17) is 32.7 Å². The fourth-order valence-electron chi connectivity index (χ4n) is 6.21. The Kier molecular flexibility index (Phi) is 6.45. The van der Waals surface area contributed by atoms with Crippen LogP contribution in [0.4, 0.5) is 4.39 Å². The fraction of sp³-hybridized carbons (Fsp3) is 0.481. The molecular weight excluding hydrogens is 536 g/mol. The number of nitrogens with one attached hydrogen (secondary N) is 3. The molecule has 202 valence electrons. The maximum atomic E-state index is 13.6. The number of rotatable bonds is 8. The zero-order valence-corrected chi connectivity index (χ0v) is 21.9. The molecule has 1 heterocycles. The summed E-state index contributed by atoms with van der Waals surface area (Å²) < 4.78 is 25.0. The lowest BCUT2D eigenvalue weighted by Crippen LogP contribution is -2.84. The van der Waals surface area contributed by atoms with Crippen LogP contribution in [0, 0.1) is 5.82 Å². The molecular formula is C27H28Cl2FN3O5. The molecule has 2 aromatic carbocycles. The Hall–Kier alpha value is -2.59. The van der Waals surface area contributed by atoms with Crippen molar-refractivity contribution in [3.8, 4) is 11.5 Å². The van der Waals surface area contributed by atoms with Crippen LogP contribution in [0.25, 0.3) is 0 Å². The maximum absolute atomic E-state index is 13.6. The Labute approximate surface area is 229 Å². The number of hydrogen-bond donors (Lipinski definition) is 4. The van der Waals surface area contributed by atoms with Gasteiger partial charge in [-0.1, -0.05) is 23.2 Å². The van der Waals surface area contributed by atoms with E-state index in [0.29, 0.717) is 49.3 Å². The van der Waals surface area contributed by atoms with Gasteiger partial charge in [0.1, 0.15) is 17.3 Å². The van der Waals surface area contributed by atoms with E-state index in [1.165, 1.54) is 12.1 Å². The summed E-state index contributed by atoms with van der Waals surface area (Å²) in [5.74, 6) is -0.249. The smallest absolute Gasteiger partial charge is 0.261 e. The lowest BCUT2D eigenvalue weighted by Gasteiger charge is -2.70. The second-order valence-electron chi connectivity index (χ2n) is 11.1. The van der Waals surface area contributed by atoms with E-state index in [-0.39, 0.29) is 58.5 Å². The lowest BCUT2D eigenvalue weighted by molar-refractivity contribution is -0.154. The van der Waals surface area contributed by atoms with Crippen LogP contribution in [0.15, 0.2) is 36.4 Å². The first-order valence-corrected chi connectivity index (χ1v) is 13.5. The molecule has 2 atom stereocenters. The van der Waals surface area contributed by atoms with Crippen LogP contribution in [0.2, 0.25) is 10.0 Å². The van der Waals surface area contributed by atoms with Gasteiger partial charge in [0.05, 0.1) is 11.1 Å². The van der Waals surface area contributed by atoms with Crippen LogP contribution in [0.1, 0.15) is 50.1 Å². The van der Waals surface area contributed by atoms with Gasteiger partial charge in [0.2, 0.25) is 0 Å². The Morgan fingerprint density at radius 2 is 1.79 bits per heavy atom. The third-order valence-corrected chi connectivity index (χ3v) is 8.53. The SMILES string of the molecule is O=C(COc1ccc(Cl)c(F)c1)NC12CC(NC(=O)C3CC(NC4CC(O)C4)c4cc(Cl)ccc4O3)(C1)C2. The van der Waals surface area contributed by atoms with Crippen molar-refractivity contribution < 1.29 is 28.6 Å². The number of amides is 2. The van der Waals surface area contributed by atoms with Crippen molar-refractivity contribution in [2.75, 3.05) is 6.61 Å². The Bertz CT molecular complexity index is 1270. The number of carbonyl (C=O) groups excluding carboxylic acids is 2. The van der Waals surface area contributed by atoms with Crippen molar-refractivity contribution >= 4 is 35.0 Å². The topological polar surface area (TPSA) is 109 Å². The molecule has 0 spiro atoms. The first-order valence-electron chi connectivity index (χ1n) is 12.7. The van der Waals surface area contributed by atoms with Gasteiger partial charge in [-0.2, -0.15) is 0 Å². The zero-order chi connectivity index (χ0) is 26.7. The predicted octanol–water partition coefficient (Wildman–Crippen LogP) is 3.42. The van der Waals surface area contributed by atoms with Crippen LogP contribution < -0.4 is 25.4 Å². The summed E-state index contributed by atoms with van der Waals surface area (Å²) in [4.78, 5) is 25.6. The standard InChI is InChI=1S/C27H28Cl2FN3O5/c28-14-1-4-22-18(5-14)21(31-15-6-16(34)7-15)9-23(38-22)25(36)33-27-11-26(12-27,13-27)32-24(35)10-37-17-2-3-19(29)20(30)8-17/h1-5,8,15-16,21,23,31,34H,6-7,9-13H2,(H,32,35)(H,33,36). The number of aliphatic hydroxyl groups excluding tert-OH is 1. The summed E-state index contributed by atoms with van der Waals surface area (Å²) in [5.41, 5.74) is 0.207. The monoisotopic (exact) mass is 563 g/mol. The van der Waals surface area contributed by atoms with Crippen LogP contribution in [-0.2, 0) is 9.59 Å². The minimum absolute atomic E-state index is 0.0137. The minimum atomic E-state index is -0.668. The van der Waals surface area contributed by atoms with E-state index in [1.807, 2.05) is 6.07 Å². The Morgan fingerprint density at radius 1 is 1.05 bits per heavy atom. The number of benzene rings is 2. The summed E-state index contributed by atoms with van der Waals surface area (Å²) in [6.45, 7) is -0.242. The number of halogens is 3. The number of ether oxygens (including phenoxy) is 2. The van der Waals surface area contributed by atoms with E-state index in [1.54, 1.807) is 12.1 Å². The molecule has 11 heteroatoms. The molecule has 4 N–H and O–H groups in total. The summed E-state index contributed by atoms with van der Waals surface area (Å²) >= 11 is 11.9. The molecule has 4 aliphatic carbocycles. The third kappa shape index (κ3) is 4.93. The molecule has 1 aliphatic heterocycles. The molecule has 5 aliphatic rings. The summed E-state index contributed by atoms with van der Waals surface area (Å²) in [7, 11) is 0. The van der Waals surface area contributed by atoms with Crippen LogP contribution in [0.3, 0.4) is 0 Å². The maximum Gasteiger partial charge on any atom is 0.261 e. The van der Waals surface area contributed by atoms with Crippen LogP contribution >= 0.6 is 23.2 Å². The Balaban J connectivity index is 1.01. The summed E-state index contributed by atoms with van der Waals surface area (Å²) in [6, 6.07) is 9.47. The second-order valence-corrected chi connectivity index (χ2v) is 11.9. The van der Waals surface area contributed by atoms with Crippen molar-refractivity contribution in [3.63, 3.8) is 0 Å². The summed E-state index contributed by atoms with van der Waals surface area (Å²) in [6.07, 6.45) is 2.76.